The van der Waals surface area contributed by atoms with Gasteiger partial charge in [-0.15, -0.1) is 0 Å². The average Bonchev–Trinajstić information content (AvgIpc) is 2.54. The van der Waals surface area contributed by atoms with E-state index in [4.69, 9.17) is 16.3 Å². The zero-order chi connectivity index (χ0) is 12.4. The molecule has 6 heteroatoms. The number of aromatic nitrogens is 3. The Kier molecular flexibility index (Phi) is 3.69. The average molecular weight is 317 g/mol. The summed E-state index contributed by atoms with van der Waals surface area (Å²) in [5.74, 6) is 0.701. The number of ether oxygens (including phenoxy) is 1. The first-order chi connectivity index (χ1) is 8.08. The maximum atomic E-state index is 6.10. The van der Waals surface area contributed by atoms with E-state index in [0.29, 0.717) is 17.5 Å². The van der Waals surface area contributed by atoms with Gasteiger partial charge in [0.15, 0.2) is 0 Å². The van der Waals surface area contributed by atoms with Crippen molar-refractivity contribution >= 4 is 27.5 Å². The van der Waals surface area contributed by atoms with Gasteiger partial charge in [0.1, 0.15) is 22.1 Å². The van der Waals surface area contributed by atoms with Gasteiger partial charge in [0.05, 0.1) is 11.9 Å². The number of hydrogen-bond acceptors (Lipinski definition) is 3. The molecule has 17 heavy (non-hydrogen) atoms. The van der Waals surface area contributed by atoms with Crippen LogP contribution < -0.4 is 4.74 Å². The van der Waals surface area contributed by atoms with Gasteiger partial charge in [-0.25, -0.2) is 4.98 Å². The third kappa shape index (κ3) is 2.79. The van der Waals surface area contributed by atoms with E-state index >= 15 is 0 Å². The van der Waals surface area contributed by atoms with Crippen molar-refractivity contribution in [2.75, 3.05) is 0 Å². The van der Waals surface area contributed by atoms with Crippen LogP contribution in [0.1, 0.15) is 11.3 Å². The van der Waals surface area contributed by atoms with Gasteiger partial charge in [0.2, 0.25) is 0 Å². The van der Waals surface area contributed by atoms with Crippen molar-refractivity contribution in [1.29, 1.82) is 0 Å². The monoisotopic (exact) mass is 315 g/mol. The molecule has 0 fully saturated rings. The first kappa shape index (κ1) is 12.4. The molecule has 0 radical (unpaired) electrons. The first-order valence-electron chi connectivity index (χ1n) is 5.00. The second-order valence-corrected chi connectivity index (χ2v) is 4.75. The van der Waals surface area contributed by atoms with E-state index in [-0.39, 0.29) is 0 Å². The molecular formula is C11H11BrClN3O. The van der Waals surface area contributed by atoms with Crippen molar-refractivity contribution < 1.29 is 4.74 Å². The van der Waals surface area contributed by atoms with Crippen LogP contribution in [0.3, 0.4) is 0 Å². The van der Waals surface area contributed by atoms with Gasteiger partial charge in [-0.1, -0.05) is 11.6 Å². The van der Waals surface area contributed by atoms with Crippen molar-refractivity contribution in [3.63, 3.8) is 0 Å². The topological polar surface area (TPSA) is 39.9 Å². The molecule has 0 aliphatic heterocycles. The lowest BCUT2D eigenvalue weighted by Crippen LogP contribution is -1.97. The number of rotatable bonds is 3. The van der Waals surface area contributed by atoms with E-state index in [0.717, 1.165) is 15.9 Å². The fourth-order valence-corrected chi connectivity index (χ4v) is 1.90. The summed E-state index contributed by atoms with van der Waals surface area (Å²) in [5, 5.41) is 4.82. The van der Waals surface area contributed by atoms with E-state index in [9.17, 15) is 0 Å². The highest BCUT2D eigenvalue weighted by Crippen LogP contribution is 2.21. The zero-order valence-electron chi connectivity index (χ0n) is 9.44. The largest absolute Gasteiger partial charge is 0.487 e. The minimum absolute atomic E-state index is 0.391. The van der Waals surface area contributed by atoms with Crippen LogP contribution in [-0.2, 0) is 13.7 Å². The van der Waals surface area contributed by atoms with Crippen LogP contribution in [0.5, 0.6) is 5.75 Å². The lowest BCUT2D eigenvalue weighted by Gasteiger charge is -2.05. The van der Waals surface area contributed by atoms with Crippen LogP contribution in [0, 0.1) is 6.92 Å². The van der Waals surface area contributed by atoms with Crippen molar-refractivity contribution in [2.24, 2.45) is 7.05 Å². The van der Waals surface area contributed by atoms with Crippen LogP contribution in [0.15, 0.2) is 22.9 Å². The van der Waals surface area contributed by atoms with Gasteiger partial charge < -0.3 is 4.74 Å². The summed E-state index contributed by atoms with van der Waals surface area (Å²) in [6.45, 7) is 2.30. The highest BCUT2D eigenvalue weighted by molar-refractivity contribution is 9.10. The summed E-state index contributed by atoms with van der Waals surface area (Å²) in [4.78, 5) is 4.08. The van der Waals surface area contributed by atoms with Crippen LogP contribution in [0.25, 0.3) is 0 Å². The van der Waals surface area contributed by atoms with Crippen molar-refractivity contribution in [3.05, 3.63) is 39.3 Å². The van der Waals surface area contributed by atoms with Gasteiger partial charge in [0, 0.05) is 12.6 Å². The third-order valence-corrected chi connectivity index (χ3v) is 3.30. The predicted octanol–water partition coefficient (Wildman–Crippen LogP) is 3.12. The SMILES string of the molecule is Cc1nn(C)c(Cl)c1COc1ccc(Br)nc1. The van der Waals surface area contributed by atoms with E-state index in [1.807, 2.05) is 19.1 Å². The third-order valence-electron chi connectivity index (χ3n) is 2.35. The lowest BCUT2D eigenvalue weighted by atomic mass is 10.3. The lowest BCUT2D eigenvalue weighted by molar-refractivity contribution is 0.304. The summed E-state index contributed by atoms with van der Waals surface area (Å²) < 4.78 is 8.01. The number of aryl methyl sites for hydroxylation is 2. The summed E-state index contributed by atoms with van der Waals surface area (Å²) in [6.07, 6.45) is 1.66. The van der Waals surface area contributed by atoms with E-state index < -0.39 is 0 Å². The summed E-state index contributed by atoms with van der Waals surface area (Å²) >= 11 is 9.37. The Morgan fingerprint density at radius 2 is 2.24 bits per heavy atom. The predicted molar refractivity (Wildman–Crippen MR) is 69.2 cm³/mol. The minimum atomic E-state index is 0.391. The Labute approximate surface area is 113 Å². The summed E-state index contributed by atoms with van der Waals surface area (Å²) in [5.41, 5.74) is 1.78. The van der Waals surface area contributed by atoms with Gasteiger partial charge in [-0.05, 0) is 35.0 Å². The fraction of sp³-hybridized carbons (Fsp3) is 0.273. The Bertz CT molecular complexity index is 524. The van der Waals surface area contributed by atoms with Crippen LogP contribution in [-0.4, -0.2) is 14.8 Å². The maximum Gasteiger partial charge on any atom is 0.138 e. The van der Waals surface area contributed by atoms with Gasteiger partial charge in [0.25, 0.3) is 0 Å². The first-order valence-corrected chi connectivity index (χ1v) is 6.17. The molecule has 0 amide bonds. The number of hydrogen-bond donors (Lipinski definition) is 0. The molecule has 2 aromatic rings. The highest BCUT2D eigenvalue weighted by atomic mass is 79.9. The zero-order valence-corrected chi connectivity index (χ0v) is 11.8. The summed E-state index contributed by atoms with van der Waals surface area (Å²) in [7, 11) is 1.81. The number of nitrogens with zero attached hydrogens (tertiary/aromatic N) is 3. The normalized spacial score (nSPS) is 10.6. The molecule has 2 aromatic heterocycles. The van der Waals surface area contributed by atoms with Gasteiger partial charge in [-0.3, -0.25) is 4.68 Å². The smallest absolute Gasteiger partial charge is 0.138 e. The van der Waals surface area contributed by atoms with E-state index in [1.165, 1.54) is 0 Å². The van der Waals surface area contributed by atoms with Crippen molar-refractivity contribution in [2.45, 2.75) is 13.5 Å². The minimum Gasteiger partial charge on any atom is -0.487 e. The highest BCUT2D eigenvalue weighted by Gasteiger charge is 2.11. The second kappa shape index (κ2) is 5.06. The van der Waals surface area contributed by atoms with E-state index in [2.05, 4.69) is 26.0 Å². The Hall–Kier alpha value is -1.07. The van der Waals surface area contributed by atoms with Gasteiger partial charge in [-0.2, -0.15) is 5.10 Å². The molecule has 2 rings (SSSR count). The Morgan fingerprint density at radius 3 is 2.76 bits per heavy atom. The van der Waals surface area contributed by atoms with E-state index in [1.54, 1.807) is 17.9 Å². The molecule has 0 bridgehead atoms. The van der Waals surface area contributed by atoms with Crippen molar-refractivity contribution in [1.82, 2.24) is 14.8 Å². The molecular weight excluding hydrogens is 305 g/mol. The molecule has 90 valence electrons. The molecule has 0 aliphatic carbocycles. The van der Waals surface area contributed by atoms with Crippen LogP contribution >= 0.6 is 27.5 Å². The molecule has 4 nitrogen and oxygen atoms in total. The Morgan fingerprint density at radius 1 is 1.47 bits per heavy atom. The molecule has 0 unspecified atom stereocenters. The fourth-order valence-electron chi connectivity index (χ4n) is 1.44. The summed E-state index contributed by atoms with van der Waals surface area (Å²) in [6, 6.07) is 3.67. The number of halogens is 2. The standard InChI is InChI=1S/C11H11BrClN3O/c1-7-9(11(13)16(2)15-7)6-17-8-3-4-10(12)14-5-8/h3-5H,6H2,1-2H3. The molecule has 0 atom stereocenters. The van der Waals surface area contributed by atoms with Crippen LogP contribution in [0.4, 0.5) is 0 Å². The quantitative estimate of drug-likeness (QED) is 0.817. The maximum absolute atomic E-state index is 6.10. The Balaban J connectivity index is 2.09. The molecule has 0 saturated carbocycles. The second-order valence-electron chi connectivity index (χ2n) is 3.58. The molecule has 0 saturated heterocycles. The number of pyridine rings is 1. The van der Waals surface area contributed by atoms with Crippen LogP contribution in [0.2, 0.25) is 5.15 Å². The molecule has 0 N–H and O–H groups in total. The van der Waals surface area contributed by atoms with Crippen molar-refractivity contribution in [3.8, 4) is 5.75 Å². The van der Waals surface area contributed by atoms with Gasteiger partial charge >= 0.3 is 0 Å². The molecule has 0 aliphatic rings. The molecule has 0 spiro atoms. The molecule has 2 heterocycles. The molecule has 0 aromatic carbocycles.